The number of hydrogen-bond donors (Lipinski definition) is 2. The summed E-state index contributed by atoms with van der Waals surface area (Å²) in [6.07, 6.45) is 4.62. The number of amides is 1. The summed E-state index contributed by atoms with van der Waals surface area (Å²) in [4.78, 5) is 12.0. The van der Waals surface area contributed by atoms with Crippen LogP contribution >= 0.6 is 0 Å². The van der Waals surface area contributed by atoms with Crippen LogP contribution in [0.5, 0.6) is 0 Å². The molecule has 0 radical (unpaired) electrons. The SMILES string of the molecule is COCCC1(CNC(=O)C2NCCC2C)CC1. The topological polar surface area (TPSA) is 50.4 Å². The van der Waals surface area contributed by atoms with Gasteiger partial charge in [0.15, 0.2) is 0 Å². The maximum atomic E-state index is 12.0. The smallest absolute Gasteiger partial charge is 0.237 e. The molecule has 0 aromatic heterocycles. The first kappa shape index (κ1) is 12.8. The fourth-order valence-corrected chi connectivity index (χ4v) is 2.58. The lowest BCUT2D eigenvalue weighted by molar-refractivity contribution is -0.123. The molecule has 17 heavy (non-hydrogen) atoms. The van der Waals surface area contributed by atoms with E-state index in [9.17, 15) is 4.79 Å². The van der Waals surface area contributed by atoms with Crippen LogP contribution in [0.25, 0.3) is 0 Å². The van der Waals surface area contributed by atoms with Crippen molar-refractivity contribution in [3.8, 4) is 0 Å². The van der Waals surface area contributed by atoms with Crippen molar-refractivity contribution >= 4 is 5.91 Å². The number of nitrogens with one attached hydrogen (secondary N) is 2. The van der Waals surface area contributed by atoms with E-state index in [-0.39, 0.29) is 11.9 Å². The predicted molar refractivity (Wildman–Crippen MR) is 66.7 cm³/mol. The Bertz CT molecular complexity index is 277. The van der Waals surface area contributed by atoms with E-state index < -0.39 is 0 Å². The average Bonchev–Trinajstić information content (AvgIpc) is 2.98. The van der Waals surface area contributed by atoms with Gasteiger partial charge in [0, 0.05) is 20.3 Å². The fraction of sp³-hybridized carbons (Fsp3) is 0.923. The third-order valence-electron chi connectivity index (χ3n) is 4.25. The van der Waals surface area contributed by atoms with Crippen molar-refractivity contribution in [2.24, 2.45) is 11.3 Å². The molecule has 1 aliphatic carbocycles. The van der Waals surface area contributed by atoms with Gasteiger partial charge in [-0.1, -0.05) is 6.92 Å². The Hall–Kier alpha value is -0.610. The largest absolute Gasteiger partial charge is 0.385 e. The van der Waals surface area contributed by atoms with Gasteiger partial charge in [0.1, 0.15) is 0 Å². The van der Waals surface area contributed by atoms with E-state index in [1.807, 2.05) is 0 Å². The van der Waals surface area contributed by atoms with Crippen LogP contribution < -0.4 is 10.6 Å². The molecule has 1 amide bonds. The summed E-state index contributed by atoms with van der Waals surface area (Å²) >= 11 is 0. The standard InChI is InChI=1S/C13H24N2O2/c1-10-3-7-14-11(10)12(16)15-9-13(4-5-13)6-8-17-2/h10-11,14H,3-9H2,1-2H3,(H,15,16). The molecule has 0 aromatic rings. The Balaban J connectivity index is 1.72. The maximum absolute atomic E-state index is 12.0. The van der Waals surface area contributed by atoms with Gasteiger partial charge in [0.2, 0.25) is 5.91 Å². The molecule has 1 aliphatic heterocycles. The molecule has 2 N–H and O–H groups in total. The van der Waals surface area contributed by atoms with Crippen molar-refractivity contribution in [3.05, 3.63) is 0 Å². The number of carbonyl (C=O) groups excluding carboxylic acids is 1. The lowest BCUT2D eigenvalue weighted by Crippen LogP contribution is -2.45. The Labute approximate surface area is 103 Å². The van der Waals surface area contributed by atoms with E-state index in [0.717, 1.165) is 32.5 Å². The van der Waals surface area contributed by atoms with Crippen molar-refractivity contribution in [3.63, 3.8) is 0 Å². The minimum atomic E-state index is 0.0215. The minimum Gasteiger partial charge on any atom is -0.385 e. The normalized spacial score (nSPS) is 30.2. The molecule has 2 rings (SSSR count). The lowest BCUT2D eigenvalue weighted by atomic mass is 10.0. The highest BCUT2D eigenvalue weighted by Crippen LogP contribution is 2.48. The van der Waals surface area contributed by atoms with E-state index in [0.29, 0.717) is 11.3 Å². The number of carbonyl (C=O) groups is 1. The summed E-state index contributed by atoms with van der Waals surface area (Å²) in [5, 5.41) is 6.38. The van der Waals surface area contributed by atoms with Gasteiger partial charge in [-0.15, -0.1) is 0 Å². The van der Waals surface area contributed by atoms with Crippen LogP contribution in [0.2, 0.25) is 0 Å². The van der Waals surface area contributed by atoms with Crippen LogP contribution in [0.1, 0.15) is 32.6 Å². The zero-order valence-corrected chi connectivity index (χ0v) is 10.9. The van der Waals surface area contributed by atoms with E-state index >= 15 is 0 Å². The molecule has 1 saturated heterocycles. The third-order valence-corrected chi connectivity index (χ3v) is 4.25. The first-order chi connectivity index (χ1) is 8.17. The molecule has 98 valence electrons. The quantitative estimate of drug-likeness (QED) is 0.726. The van der Waals surface area contributed by atoms with E-state index in [4.69, 9.17) is 4.74 Å². The molecular formula is C13H24N2O2. The highest BCUT2D eigenvalue weighted by atomic mass is 16.5. The molecule has 1 heterocycles. The Kier molecular flexibility index (Phi) is 4.05. The van der Waals surface area contributed by atoms with E-state index in [1.165, 1.54) is 12.8 Å². The van der Waals surface area contributed by atoms with Gasteiger partial charge in [-0.2, -0.15) is 0 Å². The molecule has 4 heteroatoms. The van der Waals surface area contributed by atoms with Gasteiger partial charge in [0.05, 0.1) is 6.04 Å². The molecule has 1 saturated carbocycles. The van der Waals surface area contributed by atoms with E-state index in [1.54, 1.807) is 7.11 Å². The van der Waals surface area contributed by atoms with Crippen molar-refractivity contribution in [2.45, 2.75) is 38.6 Å². The second kappa shape index (κ2) is 5.36. The summed E-state index contributed by atoms with van der Waals surface area (Å²) in [6, 6.07) is 0.0215. The zero-order chi connectivity index (χ0) is 12.3. The Morgan fingerprint density at radius 3 is 2.82 bits per heavy atom. The summed E-state index contributed by atoms with van der Waals surface area (Å²) in [6.45, 7) is 4.73. The van der Waals surface area contributed by atoms with Gasteiger partial charge in [-0.25, -0.2) is 0 Å². The average molecular weight is 240 g/mol. The third kappa shape index (κ3) is 3.19. The van der Waals surface area contributed by atoms with E-state index in [2.05, 4.69) is 17.6 Å². The highest BCUT2D eigenvalue weighted by molar-refractivity contribution is 5.82. The number of hydrogen-bond acceptors (Lipinski definition) is 3. The molecule has 2 atom stereocenters. The van der Waals surface area contributed by atoms with Crippen molar-refractivity contribution in [2.75, 3.05) is 26.8 Å². The lowest BCUT2D eigenvalue weighted by Gasteiger charge is -2.19. The summed E-state index contributed by atoms with van der Waals surface area (Å²) in [5.74, 6) is 0.642. The first-order valence-corrected chi connectivity index (χ1v) is 6.67. The number of methoxy groups -OCH3 is 1. The highest BCUT2D eigenvalue weighted by Gasteiger charge is 2.42. The van der Waals surface area contributed by atoms with Crippen LogP contribution in [0.15, 0.2) is 0 Å². The summed E-state index contributed by atoms with van der Waals surface area (Å²) < 4.78 is 5.12. The van der Waals surface area contributed by atoms with Gasteiger partial charge in [-0.05, 0) is 43.6 Å². The molecule has 0 bridgehead atoms. The minimum absolute atomic E-state index is 0.0215. The van der Waals surface area contributed by atoms with Crippen LogP contribution in [-0.2, 0) is 9.53 Å². The second-order valence-electron chi connectivity index (χ2n) is 5.66. The summed E-state index contributed by atoms with van der Waals surface area (Å²) in [7, 11) is 1.73. The van der Waals surface area contributed by atoms with Crippen molar-refractivity contribution in [1.29, 1.82) is 0 Å². The van der Waals surface area contributed by atoms with Crippen molar-refractivity contribution < 1.29 is 9.53 Å². The van der Waals surface area contributed by atoms with Crippen LogP contribution in [-0.4, -0.2) is 38.8 Å². The van der Waals surface area contributed by atoms with Gasteiger partial charge in [0.25, 0.3) is 0 Å². The predicted octanol–water partition coefficient (Wildman–Crippen LogP) is 0.917. The van der Waals surface area contributed by atoms with Crippen LogP contribution in [0.4, 0.5) is 0 Å². The Morgan fingerprint density at radius 1 is 1.53 bits per heavy atom. The molecule has 0 spiro atoms. The Morgan fingerprint density at radius 2 is 2.29 bits per heavy atom. The van der Waals surface area contributed by atoms with Gasteiger partial charge < -0.3 is 15.4 Å². The van der Waals surface area contributed by atoms with Crippen LogP contribution in [0, 0.1) is 11.3 Å². The molecule has 0 aromatic carbocycles. The zero-order valence-electron chi connectivity index (χ0n) is 10.9. The molecule has 2 unspecified atom stereocenters. The van der Waals surface area contributed by atoms with Gasteiger partial charge >= 0.3 is 0 Å². The summed E-state index contributed by atoms with van der Waals surface area (Å²) in [5.41, 5.74) is 0.341. The second-order valence-corrected chi connectivity index (χ2v) is 5.66. The van der Waals surface area contributed by atoms with Crippen molar-refractivity contribution in [1.82, 2.24) is 10.6 Å². The molecular weight excluding hydrogens is 216 g/mol. The van der Waals surface area contributed by atoms with Crippen LogP contribution in [0.3, 0.4) is 0 Å². The molecule has 4 nitrogen and oxygen atoms in total. The molecule has 2 aliphatic rings. The first-order valence-electron chi connectivity index (χ1n) is 6.67. The number of rotatable bonds is 6. The number of ether oxygens (including phenoxy) is 1. The maximum Gasteiger partial charge on any atom is 0.237 e. The van der Waals surface area contributed by atoms with Gasteiger partial charge in [-0.3, -0.25) is 4.79 Å². The fourth-order valence-electron chi connectivity index (χ4n) is 2.58. The monoisotopic (exact) mass is 240 g/mol. The molecule has 2 fully saturated rings.